The van der Waals surface area contributed by atoms with Crippen molar-refractivity contribution in [3.63, 3.8) is 0 Å². The van der Waals surface area contributed by atoms with Crippen LogP contribution >= 0.6 is 23.2 Å². The number of hydrogen-bond donors (Lipinski definition) is 0. The summed E-state index contributed by atoms with van der Waals surface area (Å²) in [6, 6.07) is 10.7. The van der Waals surface area contributed by atoms with Crippen LogP contribution in [0.15, 0.2) is 30.3 Å². The summed E-state index contributed by atoms with van der Waals surface area (Å²) in [5.41, 5.74) is 1.29. The quantitative estimate of drug-likeness (QED) is 0.176. The Morgan fingerprint density at radius 3 is 1.90 bits per heavy atom. The number of alkyl halides is 2. The summed E-state index contributed by atoms with van der Waals surface area (Å²) in [5, 5.41) is 2.49. The van der Waals surface area contributed by atoms with Crippen molar-refractivity contribution >= 4 is 34.0 Å². The third kappa shape index (κ3) is 8.94. The van der Waals surface area contributed by atoms with Gasteiger partial charge in [0.1, 0.15) is 11.5 Å². The van der Waals surface area contributed by atoms with Crippen LogP contribution < -0.4 is 9.47 Å². The third-order valence-electron chi connectivity index (χ3n) is 5.50. The van der Waals surface area contributed by atoms with E-state index in [9.17, 15) is 0 Å². The number of halogens is 2. The van der Waals surface area contributed by atoms with Gasteiger partial charge in [0.2, 0.25) is 0 Å². The van der Waals surface area contributed by atoms with E-state index in [-0.39, 0.29) is 0 Å². The van der Waals surface area contributed by atoms with E-state index in [1.54, 1.807) is 0 Å². The van der Waals surface area contributed by atoms with Crippen molar-refractivity contribution < 1.29 is 9.47 Å². The second-order valence-corrected chi connectivity index (χ2v) is 8.65. The molecule has 0 spiro atoms. The van der Waals surface area contributed by atoms with Gasteiger partial charge in [-0.2, -0.15) is 0 Å². The van der Waals surface area contributed by atoms with Crippen LogP contribution in [-0.2, 0) is 6.42 Å². The van der Waals surface area contributed by atoms with E-state index >= 15 is 0 Å². The standard InChI is InChI=1S/C26H38Cl2O2/c1-2-24-25-15-14-23(29-19-11-7-3-5-9-17-27)21-22(25)13-16-26(24)30-20-12-8-4-6-10-18-28/h13-16,21H,2-12,17-20H2,1H3. The molecule has 2 rings (SSSR count). The second kappa shape index (κ2) is 15.6. The normalized spacial score (nSPS) is 11.2. The minimum absolute atomic E-state index is 0.773. The molecule has 0 aliphatic heterocycles. The summed E-state index contributed by atoms with van der Waals surface area (Å²) in [6.45, 7) is 3.76. The van der Waals surface area contributed by atoms with Gasteiger partial charge in [-0.15, -0.1) is 23.2 Å². The first kappa shape index (κ1) is 25.1. The van der Waals surface area contributed by atoms with Crippen LogP contribution in [0.1, 0.15) is 76.7 Å². The molecule has 0 saturated carbocycles. The van der Waals surface area contributed by atoms with Crippen molar-refractivity contribution in [2.24, 2.45) is 0 Å². The molecule has 2 aromatic rings. The minimum Gasteiger partial charge on any atom is -0.494 e. The lowest BCUT2D eigenvalue weighted by Crippen LogP contribution is -2.01. The molecule has 0 aliphatic rings. The first-order valence-corrected chi connectivity index (χ1v) is 12.8. The van der Waals surface area contributed by atoms with Crippen LogP contribution in [-0.4, -0.2) is 25.0 Å². The van der Waals surface area contributed by atoms with Crippen molar-refractivity contribution in [1.82, 2.24) is 0 Å². The Bertz CT molecular complexity index is 717. The average Bonchev–Trinajstić information content (AvgIpc) is 2.77. The van der Waals surface area contributed by atoms with E-state index < -0.39 is 0 Å². The van der Waals surface area contributed by atoms with E-state index in [0.29, 0.717) is 0 Å². The third-order valence-corrected chi connectivity index (χ3v) is 6.03. The molecule has 2 nitrogen and oxygen atoms in total. The van der Waals surface area contributed by atoms with Gasteiger partial charge in [-0.1, -0.05) is 57.6 Å². The van der Waals surface area contributed by atoms with Crippen LogP contribution in [0, 0.1) is 0 Å². The van der Waals surface area contributed by atoms with E-state index in [2.05, 4.69) is 37.3 Å². The highest BCUT2D eigenvalue weighted by Gasteiger charge is 2.08. The molecule has 30 heavy (non-hydrogen) atoms. The van der Waals surface area contributed by atoms with Crippen LogP contribution in [0.3, 0.4) is 0 Å². The number of unbranched alkanes of at least 4 members (excludes halogenated alkanes) is 8. The Hall–Kier alpha value is -1.12. The van der Waals surface area contributed by atoms with Crippen molar-refractivity contribution in [2.75, 3.05) is 25.0 Å². The largest absolute Gasteiger partial charge is 0.494 e. The van der Waals surface area contributed by atoms with Crippen LogP contribution in [0.5, 0.6) is 11.5 Å². The Balaban J connectivity index is 1.84. The fraction of sp³-hybridized carbons (Fsp3) is 0.615. The number of fused-ring (bicyclic) bond motifs is 1. The van der Waals surface area contributed by atoms with Crippen LogP contribution in [0.2, 0.25) is 0 Å². The van der Waals surface area contributed by atoms with Gasteiger partial charge in [-0.05, 0) is 61.1 Å². The van der Waals surface area contributed by atoms with Gasteiger partial charge in [0.25, 0.3) is 0 Å². The fourth-order valence-corrected chi connectivity index (χ4v) is 4.15. The molecule has 0 aromatic heterocycles. The number of rotatable bonds is 17. The summed E-state index contributed by atoms with van der Waals surface area (Å²) >= 11 is 11.4. The maximum Gasteiger partial charge on any atom is 0.123 e. The molecular weight excluding hydrogens is 415 g/mol. The highest BCUT2D eigenvalue weighted by atomic mass is 35.5. The number of aryl methyl sites for hydroxylation is 1. The number of hydrogen-bond acceptors (Lipinski definition) is 2. The summed E-state index contributed by atoms with van der Waals surface area (Å²) in [5.74, 6) is 3.52. The smallest absolute Gasteiger partial charge is 0.123 e. The van der Waals surface area contributed by atoms with E-state index in [1.165, 1.54) is 54.9 Å². The summed E-state index contributed by atoms with van der Waals surface area (Å²) in [4.78, 5) is 0. The topological polar surface area (TPSA) is 18.5 Å². The number of benzene rings is 2. The highest BCUT2D eigenvalue weighted by molar-refractivity contribution is 6.18. The molecule has 0 unspecified atom stereocenters. The zero-order valence-corrected chi connectivity index (χ0v) is 20.1. The molecule has 168 valence electrons. The zero-order valence-electron chi connectivity index (χ0n) is 18.6. The van der Waals surface area contributed by atoms with Crippen molar-refractivity contribution in [3.8, 4) is 11.5 Å². The molecular formula is C26H38Cl2O2. The van der Waals surface area contributed by atoms with E-state index in [4.69, 9.17) is 32.7 Å². The maximum absolute atomic E-state index is 6.13. The predicted molar refractivity (Wildman–Crippen MR) is 132 cm³/mol. The van der Waals surface area contributed by atoms with Gasteiger partial charge in [0.05, 0.1) is 13.2 Å². The Labute approximate surface area is 193 Å². The second-order valence-electron chi connectivity index (χ2n) is 7.89. The SMILES string of the molecule is CCc1c(OCCCCCCCCl)ccc2cc(OCCCCCCCCl)ccc12. The summed E-state index contributed by atoms with van der Waals surface area (Å²) in [7, 11) is 0. The Morgan fingerprint density at radius 2 is 1.27 bits per heavy atom. The van der Waals surface area contributed by atoms with Gasteiger partial charge >= 0.3 is 0 Å². The van der Waals surface area contributed by atoms with Gasteiger partial charge in [-0.25, -0.2) is 0 Å². The lowest BCUT2D eigenvalue weighted by Gasteiger charge is -2.14. The first-order valence-electron chi connectivity index (χ1n) is 11.7. The van der Waals surface area contributed by atoms with Crippen molar-refractivity contribution in [1.29, 1.82) is 0 Å². The molecule has 4 heteroatoms. The molecule has 0 radical (unpaired) electrons. The monoisotopic (exact) mass is 452 g/mol. The molecule has 0 bridgehead atoms. The Kier molecular flexibility index (Phi) is 13.1. The minimum atomic E-state index is 0.773. The average molecular weight is 453 g/mol. The summed E-state index contributed by atoms with van der Waals surface area (Å²) in [6.07, 6.45) is 12.7. The summed E-state index contributed by atoms with van der Waals surface area (Å²) < 4.78 is 12.1. The highest BCUT2D eigenvalue weighted by Crippen LogP contribution is 2.31. The van der Waals surface area contributed by atoms with Gasteiger partial charge in [0.15, 0.2) is 0 Å². The molecule has 0 amide bonds. The lowest BCUT2D eigenvalue weighted by atomic mass is 10.0. The molecule has 0 aliphatic carbocycles. The molecule has 0 heterocycles. The van der Waals surface area contributed by atoms with Gasteiger partial charge in [0, 0.05) is 17.3 Å². The van der Waals surface area contributed by atoms with Crippen molar-refractivity contribution in [2.45, 2.75) is 77.6 Å². The number of ether oxygens (including phenoxy) is 2. The Morgan fingerprint density at radius 1 is 0.667 bits per heavy atom. The molecule has 0 saturated heterocycles. The van der Waals surface area contributed by atoms with Crippen molar-refractivity contribution in [3.05, 3.63) is 35.9 Å². The lowest BCUT2D eigenvalue weighted by molar-refractivity contribution is 0.302. The zero-order chi connectivity index (χ0) is 21.4. The molecule has 2 aromatic carbocycles. The molecule has 0 atom stereocenters. The fourth-order valence-electron chi connectivity index (χ4n) is 3.77. The van der Waals surface area contributed by atoms with E-state index in [1.807, 2.05) is 0 Å². The first-order chi connectivity index (χ1) is 14.8. The van der Waals surface area contributed by atoms with E-state index in [0.717, 1.165) is 68.6 Å². The predicted octanol–water partition coefficient (Wildman–Crippen LogP) is 8.54. The van der Waals surface area contributed by atoms with Gasteiger partial charge in [-0.3, -0.25) is 0 Å². The van der Waals surface area contributed by atoms with Crippen LogP contribution in [0.4, 0.5) is 0 Å². The molecule has 0 fully saturated rings. The van der Waals surface area contributed by atoms with Crippen LogP contribution in [0.25, 0.3) is 10.8 Å². The molecule has 0 N–H and O–H groups in total. The van der Waals surface area contributed by atoms with Gasteiger partial charge < -0.3 is 9.47 Å². The maximum atomic E-state index is 6.13.